The van der Waals surface area contributed by atoms with Crippen LogP contribution in [0.25, 0.3) is 17.1 Å². The van der Waals surface area contributed by atoms with E-state index in [-0.39, 0.29) is 11.7 Å². The first-order valence-electron chi connectivity index (χ1n) is 10.7. The van der Waals surface area contributed by atoms with Crippen molar-refractivity contribution >= 4 is 29.0 Å². The molecule has 4 aromatic rings. The van der Waals surface area contributed by atoms with Crippen LogP contribution in [0.2, 0.25) is 0 Å². The molecule has 0 radical (unpaired) electrons. The molecule has 8 heteroatoms. The summed E-state index contributed by atoms with van der Waals surface area (Å²) in [5, 5.41) is 13.7. The van der Waals surface area contributed by atoms with Gasteiger partial charge in [-0.2, -0.15) is 11.3 Å². The Balaban J connectivity index is 1.60. The topological polar surface area (TPSA) is 60.2 Å². The lowest BCUT2D eigenvalue weighted by molar-refractivity contribution is -0.127. The van der Waals surface area contributed by atoms with Crippen LogP contribution in [0.4, 0.5) is 0 Å². The van der Waals surface area contributed by atoms with Gasteiger partial charge in [0.1, 0.15) is 5.75 Å². The maximum atomic E-state index is 12.8. The molecule has 0 aliphatic rings. The molecule has 0 atom stereocenters. The third kappa shape index (κ3) is 5.64. The van der Waals surface area contributed by atoms with Crippen LogP contribution in [0.1, 0.15) is 18.1 Å². The van der Waals surface area contributed by atoms with E-state index in [4.69, 9.17) is 4.74 Å². The number of thioether (sulfide) groups is 1. The summed E-state index contributed by atoms with van der Waals surface area (Å²) in [5.41, 5.74) is 4.18. The number of aryl methyl sites for hydroxylation is 1. The Morgan fingerprint density at radius 1 is 1.15 bits per heavy atom. The lowest BCUT2D eigenvalue weighted by atomic mass is 10.1. The van der Waals surface area contributed by atoms with Gasteiger partial charge in [0.2, 0.25) is 5.91 Å². The van der Waals surface area contributed by atoms with Crippen molar-refractivity contribution in [2.75, 3.05) is 19.4 Å². The molecule has 33 heavy (non-hydrogen) atoms. The quantitative estimate of drug-likeness (QED) is 0.299. The summed E-state index contributed by atoms with van der Waals surface area (Å²) in [7, 11) is 1.83. The van der Waals surface area contributed by atoms with Crippen LogP contribution in [0.15, 0.2) is 70.5 Å². The van der Waals surface area contributed by atoms with E-state index in [2.05, 4.69) is 34.6 Å². The zero-order chi connectivity index (χ0) is 23.2. The summed E-state index contributed by atoms with van der Waals surface area (Å²) >= 11 is 3.03. The molecule has 2 heterocycles. The monoisotopic (exact) mass is 478 g/mol. The van der Waals surface area contributed by atoms with Crippen LogP contribution < -0.4 is 4.74 Å². The first-order chi connectivity index (χ1) is 16.0. The van der Waals surface area contributed by atoms with E-state index >= 15 is 0 Å². The molecule has 0 aliphatic heterocycles. The zero-order valence-electron chi connectivity index (χ0n) is 18.9. The molecule has 0 spiro atoms. The van der Waals surface area contributed by atoms with Gasteiger partial charge in [-0.15, -0.1) is 10.2 Å². The predicted octanol–water partition coefficient (Wildman–Crippen LogP) is 5.45. The Labute approximate surface area is 202 Å². The molecule has 0 fully saturated rings. The summed E-state index contributed by atoms with van der Waals surface area (Å²) in [5.74, 6) is 1.88. The predicted molar refractivity (Wildman–Crippen MR) is 134 cm³/mol. The molecule has 0 saturated carbocycles. The molecule has 1 amide bonds. The highest BCUT2D eigenvalue weighted by Gasteiger charge is 2.19. The van der Waals surface area contributed by atoms with E-state index < -0.39 is 0 Å². The minimum Gasteiger partial charge on any atom is -0.494 e. The second-order valence-corrected chi connectivity index (χ2v) is 9.33. The highest BCUT2D eigenvalue weighted by molar-refractivity contribution is 7.99. The minimum absolute atomic E-state index is 0.0459. The van der Waals surface area contributed by atoms with E-state index in [1.54, 1.807) is 16.2 Å². The molecule has 4 rings (SSSR count). The van der Waals surface area contributed by atoms with Gasteiger partial charge in [-0.05, 0) is 66.6 Å². The SMILES string of the molecule is CCOc1ccc(-n2c(SCC(=O)N(C)Cc3ccsc3)nnc2-c2cccc(C)c2)cc1. The number of hydrogen-bond donors (Lipinski definition) is 0. The molecule has 0 bridgehead atoms. The van der Waals surface area contributed by atoms with E-state index in [9.17, 15) is 4.79 Å². The maximum Gasteiger partial charge on any atom is 0.233 e. The molecule has 6 nitrogen and oxygen atoms in total. The number of thiophene rings is 1. The average molecular weight is 479 g/mol. The highest BCUT2D eigenvalue weighted by Crippen LogP contribution is 2.29. The van der Waals surface area contributed by atoms with Gasteiger partial charge in [0.15, 0.2) is 11.0 Å². The lowest BCUT2D eigenvalue weighted by Gasteiger charge is -2.16. The molecular formula is C25H26N4O2S2. The zero-order valence-corrected chi connectivity index (χ0v) is 20.5. The first-order valence-corrected chi connectivity index (χ1v) is 12.6. The van der Waals surface area contributed by atoms with E-state index in [0.29, 0.717) is 18.3 Å². The summed E-state index contributed by atoms with van der Waals surface area (Å²) in [6.45, 7) is 5.23. The summed E-state index contributed by atoms with van der Waals surface area (Å²) in [6.07, 6.45) is 0. The van der Waals surface area contributed by atoms with Gasteiger partial charge in [0, 0.05) is 24.8 Å². The van der Waals surface area contributed by atoms with Crippen molar-refractivity contribution in [3.8, 4) is 22.8 Å². The van der Waals surface area contributed by atoms with E-state index in [0.717, 1.165) is 34.0 Å². The fourth-order valence-corrected chi connectivity index (χ4v) is 4.96. The Morgan fingerprint density at radius 2 is 1.97 bits per heavy atom. The molecular weight excluding hydrogens is 452 g/mol. The molecule has 0 N–H and O–H groups in total. The molecule has 0 saturated heterocycles. The van der Waals surface area contributed by atoms with Crippen molar-refractivity contribution in [3.63, 3.8) is 0 Å². The normalized spacial score (nSPS) is 10.9. The lowest BCUT2D eigenvalue weighted by Crippen LogP contribution is -2.27. The first kappa shape index (κ1) is 23.1. The van der Waals surface area contributed by atoms with Crippen molar-refractivity contribution < 1.29 is 9.53 Å². The second kappa shape index (κ2) is 10.7. The van der Waals surface area contributed by atoms with Crippen LogP contribution >= 0.6 is 23.1 Å². The van der Waals surface area contributed by atoms with Gasteiger partial charge >= 0.3 is 0 Å². The molecule has 2 aromatic carbocycles. The van der Waals surface area contributed by atoms with Gasteiger partial charge in [0.25, 0.3) is 0 Å². The van der Waals surface area contributed by atoms with Crippen LogP contribution in [-0.2, 0) is 11.3 Å². The van der Waals surface area contributed by atoms with Crippen molar-refractivity contribution in [2.45, 2.75) is 25.5 Å². The maximum absolute atomic E-state index is 12.8. The molecule has 170 valence electrons. The Bertz CT molecular complexity index is 1200. The Morgan fingerprint density at radius 3 is 2.67 bits per heavy atom. The summed E-state index contributed by atoms with van der Waals surface area (Å²) in [6, 6.07) is 18.1. The number of rotatable bonds is 9. The number of amides is 1. The van der Waals surface area contributed by atoms with Crippen LogP contribution in [0.5, 0.6) is 5.75 Å². The third-order valence-electron chi connectivity index (χ3n) is 5.07. The van der Waals surface area contributed by atoms with Gasteiger partial charge < -0.3 is 9.64 Å². The smallest absolute Gasteiger partial charge is 0.233 e. The molecule has 2 aromatic heterocycles. The van der Waals surface area contributed by atoms with E-state index in [1.807, 2.05) is 66.4 Å². The molecule has 0 unspecified atom stereocenters. The number of nitrogens with zero attached hydrogens (tertiary/aromatic N) is 4. The Hall–Kier alpha value is -3.10. The second-order valence-electron chi connectivity index (χ2n) is 7.61. The van der Waals surface area contributed by atoms with Crippen molar-refractivity contribution in [2.24, 2.45) is 0 Å². The van der Waals surface area contributed by atoms with Crippen LogP contribution in [0.3, 0.4) is 0 Å². The highest BCUT2D eigenvalue weighted by atomic mass is 32.2. The van der Waals surface area contributed by atoms with Crippen molar-refractivity contribution in [1.29, 1.82) is 0 Å². The fraction of sp³-hybridized carbons (Fsp3) is 0.240. The van der Waals surface area contributed by atoms with Gasteiger partial charge in [-0.25, -0.2) is 0 Å². The van der Waals surface area contributed by atoms with E-state index in [1.165, 1.54) is 11.8 Å². The fourth-order valence-electron chi connectivity index (χ4n) is 3.41. The minimum atomic E-state index is 0.0459. The summed E-state index contributed by atoms with van der Waals surface area (Å²) < 4.78 is 7.59. The number of aromatic nitrogens is 3. The third-order valence-corrected chi connectivity index (χ3v) is 6.71. The number of benzene rings is 2. The van der Waals surface area contributed by atoms with Crippen molar-refractivity contribution in [3.05, 3.63) is 76.5 Å². The van der Waals surface area contributed by atoms with Gasteiger partial charge in [0.05, 0.1) is 12.4 Å². The van der Waals surface area contributed by atoms with Crippen LogP contribution in [0, 0.1) is 6.92 Å². The summed E-state index contributed by atoms with van der Waals surface area (Å²) in [4.78, 5) is 14.5. The number of carbonyl (C=O) groups is 1. The number of hydrogen-bond acceptors (Lipinski definition) is 6. The van der Waals surface area contributed by atoms with Crippen LogP contribution in [-0.4, -0.2) is 45.0 Å². The van der Waals surface area contributed by atoms with Crippen molar-refractivity contribution in [1.82, 2.24) is 19.7 Å². The number of ether oxygens (including phenoxy) is 1. The number of carbonyl (C=O) groups excluding carboxylic acids is 1. The largest absolute Gasteiger partial charge is 0.494 e. The van der Waals surface area contributed by atoms with Gasteiger partial charge in [-0.1, -0.05) is 35.5 Å². The molecule has 0 aliphatic carbocycles. The standard InChI is InChI=1S/C25H26N4O2S2/c1-4-31-22-10-8-21(9-11-22)29-24(20-7-5-6-18(2)14-20)26-27-25(29)33-17-23(30)28(3)15-19-12-13-32-16-19/h5-14,16H,4,15,17H2,1-3H3. The Kier molecular flexibility index (Phi) is 7.47. The average Bonchev–Trinajstić information content (AvgIpc) is 3.48. The van der Waals surface area contributed by atoms with Gasteiger partial charge in [-0.3, -0.25) is 9.36 Å².